The third-order valence-electron chi connectivity index (χ3n) is 4.62. The minimum Gasteiger partial charge on any atom is -0.495 e. The molecule has 1 atom stereocenters. The van der Waals surface area contributed by atoms with Gasteiger partial charge in [0.15, 0.2) is 6.34 Å². The molecule has 4 heteroatoms. The Kier molecular flexibility index (Phi) is 5.65. The van der Waals surface area contributed by atoms with Crippen LogP contribution in [0.15, 0.2) is 89.6 Å². The third kappa shape index (κ3) is 4.18. The Morgan fingerprint density at radius 3 is 2.38 bits per heavy atom. The number of benzene rings is 3. The second-order valence-corrected chi connectivity index (χ2v) is 6.85. The summed E-state index contributed by atoms with van der Waals surface area (Å²) in [5.41, 5.74) is 4.55. The molecule has 3 aromatic rings. The van der Waals surface area contributed by atoms with Gasteiger partial charge in [0.05, 0.1) is 18.2 Å². The van der Waals surface area contributed by atoms with E-state index in [1.807, 2.05) is 66.7 Å². The molecule has 0 saturated carbocycles. The number of ether oxygens (including phenoxy) is 1. The lowest BCUT2D eigenvalue weighted by Crippen LogP contribution is -2.25. The van der Waals surface area contributed by atoms with Gasteiger partial charge >= 0.3 is 0 Å². The molecular formula is C25H18ClN2O. The van der Waals surface area contributed by atoms with Crippen molar-refractivity contribution >= 4 is 23.5 Å². The molecule has 1 radical (unpaired) electrons. The number of halogens is 1. The zero-order chi connectivity index (χ0) is 20.1. The maximum absolute atomic E-state index is 6.41. The summed E-state index contributed by atoms with van der Waals surface area (Å²) in [4.78, 5) is 4.42. The Morgan fingerprint density at radius 1 is 0.966 bits per heavy atom. The van der Waals surface area contributed by atoms with Crippen LogP contribution in [0.1, 0.15) is 22.7 Å². The maximum atomic E-state index is 6.41. The van der Waals surface area contributed by atoms with Gasteiger partial charge in [-0.1, -0.05) is 72.1 Å². The summed E-state index contributed by atoms with van der Waals surface area (Å²) in [7, 11) is 1.60. The molecule has 141 valence electrons. The van der Waals surface area contributed by atoms with Crippen molar-refractivity contribution in [1.29, 1.82) is 0 Å². The normalized spacial score (nSPS) is 15.3. The van der Waals surface area contributed by atoms with E-state index >= 15 is 0 Å². The summed E-state index contributed by atoms with van der Waals surface area (Å²) in [5, 5.41) is 3.78. The highest BCUT2D eigenvalue weighted by Gasteiger charge is 2.24. The topological polar surface area (TPSA) is 33.6 Å². The number of allylic oxidation sites excluding steroid dienone is 1. The fourth-order valence-corrected chi connectivity index (χ4v) is 3.46. The smallest absolute Gasteiger partial charge is 0.171 e. The molecule has 1 unspecified atom stereocenters. The molecular weight excluding hydrogens is 380 g/mol. The van der Waals surface area contributed by atoms with E-state index in [-0.39, 0.29) is 6.04 Å². The quantitative estimate of drug-likeness (QED) is 0.603. The zero-order valence-corrected chi connectivity index (χ0v) is 16.6. The number of aliphatic imine (C=N–C) groups is 1. The van der Waals surface area contributed by atoms with Crippen molar-refractivity contribution in [2.24, 2.45) is 4.99 Å². The molecule has 1 aliphatic rings. The largest absolute Gasteiger partial charge is 0.495 e. The lowest BCUT2D eigenvalue weighted by molar-refractivity contribution is 0.415. The maximum Gasteiger partial charge on any atom is 0.171 e. The van der Waals surface area contributed by atoms with Crippen LogP contribution in [-0.2, 0) is 0 Å². The van der Waals surface area contributed by atoms with Crippen molar-refractivity contribution < 1.29 is 4.74 Å². The number of rotatable bonds is 3. The van der Waals surface area contributed by atoms with E-state index in [1.165, 1.54) is 0 Å². The second-order valence-electron chi connectivity index (χ2n) is 6.44. The SMILES string of the molecule is COc1ccc(C2=C(C#Cc3ccccc3)N=[C]NC2c2ccccc2)cc1Cl. The second kappa shape index (κ2) is 8.68. The van der Waals surface area contributed by atoms with Crippen LogP contribution in [0.4, 0.5) is 0 Å². The Balaban J connectivity index is 1.87. The van der Waals surface area contributed by atoms with Crippen LogP contribution in [0.2, 0.25) is 5.02 Å². The molecule has 1 N–H and O–H groups in total. The molecule has 1 heterocycles. The number of methoxy groups -OCH3 is 1. The summed E-state index contributed by atoms with van der Waals surface area (Å²) in [6.45, 7) is 0. The molecule has 0 amide bonds. The van der Waals surface area contributed by atoms with Crippen LogP contribution >= 0.6 is 11.6 Å². The molecule has 29 heavy (non-hydrogen) atoms. The van der Waals surface area contributed by atoms with Crippen molar-refractivity contribution in [2.45, 2.75) is 6.04 Å². The van der Waals surface area contributed by atoms with Gasteiger partial charge in [0.1, 0.15) is 11.4 Å². The number of nitrogens with one attached hydrogen (secondary N) is 1. The van der Waals surface area contributed by atoms with E-state index in [1.54, 1.807) is 7.11 Å². The van der Waals surface area contributed by atoms with E-state index in [9.17, 15) is 0 Å². The van der Waals surface area contributed by atoms with Crippen molar-refractivity contribution in [3.8, 4) is 17.6 Å². The summed E-state index contributed by atoms with van der Waals surface area (Å²) in [6.07, 6.45) is 2.91. The highest BCUT2D eigenvalue weighted by molar-refractivity contribution is 6.32. The third-order valence-corrected chi connectivity index (χ3v) is 4.91. The van der Waals surface area contributed by atoms with Crippen LogP contribution in [-0.4, -0.2) is 13.4 Å². The van der Waals surface area contributed by atoms with Gasteiger partial charge in [-0.25, -0.2) is 4.99 Å². The van der Waals surface area contributed by atoms with Gasteiger partial charge in [0.25, 0.3) is 0 Å². The van der Waals surface area contributed by atoms with E-state index in [4.69, 9.17) is 16.3 Å². The fraction of sp³-hybridized carbons (Fsp3) is 0.0800. The van der Waals surface area contributed by atoms with Gasteiger partial charge in [-0.2, -0.15) is 0 Å². The van der Waals surface area contributed by atoms with Gasteiger partial charge < -0.3 is 10.1 Å². The van der Waals surface area contributed by atoms with Crippen LogP contribution < -0.4 is 10.1 Å². The fourth-order valence-electron chi connectivity index (χ4n) is 3.20. The first-order valence-corrected chi connectivity index (χ1v) is 9.55. The molecule has 1 aliphatic heterocycles. The number of nitrogens with zero attached hydrogens (tertiary/aromatic N) is 1. The Bertz CT molecular complexity index is 1130. The standard InChI is InChI=1S/C25H18ClN2O/c1-29-23-15-13-20(16-21(23)26)24-22(14-12-18-8-4-2-5-9-18)27-17-28-25(24)19-10-6-3-7-11-19/h2-11,13,15-16,25H,1H3,(H,27,28). The molecule has 0 bridgehead atoms. The van der Waals surface area contributed by atoms with Crippen molar-refractivity contribution in [3.63, 3.8) is 0 Å². The van der Waals surface area contributed by atoms with Gasteiger partial charge in [-0.05, 0) is 41.3 Å². The van der Waals surface area contributed by atoms with Crippen LogP contribution in [0, 0.1) is 11.8 Å². The molecule has 0 spiro atoms. The summed E-state index contributed by atoms with van der Waals surface area (Å²) >= 11 is 6.41. The van der Waals surface area contributed by atoms with Gasteiger partial charge in [0, 0.05) is 11.1 Å². The van der Waals surface area contributed by atoms with E-state index in [0.717, 1.165) is 22.3 Å². The summed E-state index contributed by atoms with van der Waals surface area (Å²) in [5.74, 6) is 7.04. The van der Waals surface area contributed by atoms with Crippen molar-refractivity contribution in [3.05, 3.63) is 106 Å². The lowest BCUT2D eigenvalue weighted by Gasteiger charge is -2.25. The lowest BCUT2D eigenvalue weighted by atomic mass is 9.90. The van der Waals surface area contributed by atoms with Gasteiger partial charge in [-0.15, -0.1) is 0 Å². The highest BCUT2D eigenvalue weighted by Crippen LogP contribution is 2.37. The molecule has 4 rings (SSSR count). The van der Waals surface area contributed by atoms with E-state index < -0.39 is 0 Å². The predicted molar refractivity (Wildman–Crippen MR) is 118 cm³/mol. The van der Waals surface area contributed by atoms with E-state index in [0.29, 0.717) is 16.5 Å². The average Bonchev–Trinajstić information content (AvgIpc) is 2.78. The molecule has 3 aromatic carbocycles. The van der Waals surface area contributed by atoms with Gasteiger partial charge in [-0.3, -0.25) is 0 Å². The first-order valence-electron chi connectivity index (χ1n) is 9.17. The van der Waals surface area contributed by atoms with Crippen molar-refractivity contribution in [2.75, 3.05) is 7.11 Å². The predicted octanol–water partition coefficient (Wildman–Crippen LogP) is 5.36. The first-order chi connectivity index (χ1) is 14.3. The number of hydrogen-bond donors (Lipinski definition) is 1. The first kappa shape index (κ1) is 18.9. The number of hydrogen-bond acceptors (Lipinski definition) is 3. The van der Waals surface area contributed by atoms with Crippen LogP contribution in [0.5, 0.6) is 5.75 Å². The molecule has 3 nitrogen and oxygen atoms in total. The monoisotopic (exact) mass is 397 g/mol. The molecule has 0 fully saturated rings. The minimum absolute atomic E-state index is 0.141. The summed E-state index contributed by atoms with van der Waals surface area (Å²) in [6, 6.07) is 25.6. The minimum atomic E-state index is -0.141. The van der Waals surface area contributed by atoms with E-state index in [2.05, 4.69) is 40.6 Å². The average molecular weight is 398 g/mol. The molecule has 0 saturated heterocycles. The van der Waals surface area contributed by atoms with Crippen LogP contribution in [0.25, 0.3) is 5.57 Å². The van der Waals surface area contributed by atoms with Crippen LogP contribution in [0.3, 0.4) is 0 Å². The Labute approximate surface area is 175 Å². The van der Waals surface area contributed by atoms with Crippen molar-refractivity contribution in [1.82, 2.24) is 5.32 Å². The Morgan fingerprint density at radius 2 is 1.69 bits per heavy atom. The molecule has 0 aromatic heterocycles. The summed E-state index contributed by atoms with van der Waals surface area (Å²) < 4.78 is 5.30. The van der Waals surface area contributed by atoms with Gasteiger partial charge in [0.2, 0.25) is 0 Å². The molecule has 0 aliphatic carbocycles. The Hall–Kier alpha value is -3.48. The highest BCUT2D eigenvalue weighted by atomic mass is 35.5. The zero-order valence-electron chi connectivity index (χ0n) is 15.8.